The van der Waals surface area contributed by atoms with Crippen LogP contribution in [0.3, 0.4) is 0 Å². The Labute approximate surface area is 158 Å². The molecule has 3 rings (SSSR count). The van der Waals surface area contributed by atoms with Crippen molar-refractivity contribution in [1.29, 1.82) is 0 Å². The van der Waals surface area contributed by atoms with E-state index >= 15 is 0 Å². The van der Waals surface area contributed by atoms with Gasteiger partial charge in [-0.2, -0.15) is 0 Å². The van der Waals surface area contributed by atoms with E-state index in [-0.39, 0.29) is 5.91 Å². The van der Waals surface area contributed by atoms with E-state index < -0.39 is 0 Å². The van der Waals surface area contributed by atoms with E-state index in [9.17, 15) is 4.79 Å². The van der Waals surface area contributed by atoms with Gasteiger partial charge < -0.3 is 10.2 Å². The van der Waals surface area contributed by atoms with Crippen LogP contribution in [0.5, 0.6) is 0 Å². The van der Waals surface area contributed by atoms with Crippen LogP contribution in [0.4, 0.5) is 11.4 Å². The lowest BCUT2D eigenvalue weighted by atomic mass is 10.2. The van der Waals surface area contributed by atoms with Crippen molar-refractivity contribution in [2.45, 2.75) is 6.92 Å². The molecule has 0 unspecified atom stereocenters. The maximum atomic E-state index is 12.3. The average molecular weight is 378 g/mol. The Morgan fingerprint density at radius 3 is 2.56 bits per heavy atom. The molecule has 25 heavy (non-hydrogen) atoms. The van der Waals surface area contributed by atoms with Gasteiger partial charge in [0.1, 0.15) is 0 Å². The number of aryl methyl sites for hydroxylation is 1. The number of anilines is 2. The van der Waals surface area contributed by atoms with E-state index in [0.29, 0.717) is 22.3 Å². The van der Waals surface area contributed by atoms with Crippen LogP contribution in [0, 0.1) is 6.92 Å². The van der Waals surface area contributed by atoms with E-state index in [0.717, 1.165) is 26.2 Å². The highest BCUT2D eigenvalue weighted by Gasteiger charge is 2.19. The molecule has 0 saturated carbocycles. The Bertz CT molecular complexity index is 758. The second-order valence-corrected chi connectivity index (χ2v) is 7.12. The molecular formula is C19H21Cl2N3O. The summed E-state index contributed by atoms with van der Waals surface area (Å²) in [6, 6.07) is 13.6. The lowest BCUT2D eigenvalue weighted by Crippen LogP contribution is -2.48. The zero-order valence-corrected chi connectivity index (χ0v) is 15.6. The molecule has 0 aromatic heterocycles. The second-order valence-electron chi connectivity index (χ2n) is 6.27. The van der Waals surface area contributed by atoms with Crippen molar-refractivity contribution in [3.63, 3.8) is 0 Å². The molecule has 1 N–H and O–H groups in total. The molecule has 1 fully saturated rings. The summed E-state index contributed by atoms with van der Waals surface area (Å²) in [5.74, 6) is -0.0758. The van der Waals surface area contributed by atoms with E-state index in [4.69, 9.17) is 23.2 Å². The Morgan fingerprint density at radius 1 is 1.08 bits per heavy atom. The molecule has 1 saturated heterocycles. The smallest absolute Gasteiger partial charge is 0.238 e. The standard InChI is InChI=1S/C19H21Cl2N3O/c1-14-3-2-4-16(11-14)24-9-7-23(8-10-24)13-19(25)22-18-12-15(20)5-6-17(18)21/h2-6,11-12H,7-10,13H2,1H3,(H,22,25). The van der Waals surface area contributed by atoms with Gasteiger partial charge in [0.05, 0.1) is 17.3 Å². The van der Waals surface area contributed by atoms with E-state index in [1.54, 1.807) is 18.2 Å². The Balaban J connectivity index is 1.52. The largest absolute Gasteiger partial charge is 0.369 e. The number of benzene rings is 2. The van der Waals surface area contributed by atoms with Crippen LogP contribution >= 0.6 is 23.2 Å². The third-order valence-corrected chi connectivity index (χ3v) is 4.87. The molecular weight excluding hydrogens is 357 g/mol. The van der Waals surface area contributed by atoms with Crippen LogP contribution in [-0.2, 0) is 4.79 Å². The fraction of sp³-hybridized carbons (Fsp3) is 0.316. The highest BCUT2D eigenvalue weighted by atomic mass is 35.5. The van der Waals surface area contributed by atoms with Gasteiger partial charge in [0, 0.05) is 36.9 Å². The number of carbonyl (C=O) groups excluding carboxylic acids is 1. The molecule has 1 aliphatic heterocycles. The van der Waals surface area contributed by atoms with Gasteiger partial charge in [-0.1, -0.05) is 35.3 Å². The van der Waals surface area contributed by atoms with Gasteiger partial charge in [0.15, 0.2) is 0 Å². The summed E-state index contributed by atoms with van der Waals surface area (Å²) in [6.07, 6.45) is 0. The SMILES string of the molecule is Cc1cccc(N2CCN(CC(=O)Nc3cc(Cl)ccc3Cl)CC2)c1. The summed E-state index contributed by atoms with van der Waals surface area (Å²) < 4.78 is 0. The first-order valence-electron chi connectivity index (χ1n) is 8.30. The Kier molecular flexibility index (Phi) is 5.84. The highest BCUT2D eigenvalue weighted by molar-refractivity contribution is 6.35. The molecule has 4 nitrogen and oxygen atoms in total. The number of hydrogen-bond donors (Lipinski definition) is 1. The predicted molar refractivity (Wildman–Crippen MR) is 105 cm³/mol. The lowest BCUT2D eigenvalue weighted by molar-refractivity contribution is -0.117. The number of amides is 1. The second kappa shape index (κ2) is 8.09. The molecule has 0 spiro atoms. The normalized spacial score (nSPS) is 15.2. The Hall–Kier alpha value is -1.75. The number of nitrogens with zero attached hydrogens (tertiary/aromatic N) is 2. The van der Waals surface area contributed by atoms with Crippen molar-refractivity contribution in [3.05, 3.63) is 58.1 Å². The maximum absolute atomic E-state index is 12.3. The van der Waals surface area contributed by atoms with Gasteiger partial charge in [-0.15, -0.1) is 0 Å². The fourth-order valence-corrected chi connectivity index (χ4v) is 3.31. The van der Waals surface area contributed by atoms with Crippen LogP contribution in [0.1, 0.15) is 5.56 Å². The van der Waals surface area contributed by atoms with Crippen molar-refractivity contribution in [1.82, 2.24) is 4.90 Å². The van der Waals surface area contributed by atoms with Crippen molar-refractivity contribution in [2.75, 3.05) is 42.9 Å². The molecule has 0 bridgehead atoms. The Morgan fingerprint density at radius 2 is 1.84 bits per heavy atom. The summed E-state index contributed by atoms with van der Waals surface area (Å²) in [4.78, 5) is 16.8. The number of piperazine rings is 1. The van der Waals surface area contributed by atoms with Crippen LogP contribution < -0.4 is 10.2 Å². The summed E-state index contributed by atoms with van der Waals surface area (Å²) in [5, 5.41) is 3.87. The van der Waals surface area contributed by atoms with Crippen molar-refractivity contribution < 1.29 is 4.79 Å². The minimum atomic E-state index is -0.0758. The zero-order chi connectivity index (χ0) is 17.8. The van der Waals surface area contributed by atoms with Crippen molar-refractivity contribution in [3.8, 4) is 0 Å². The number of halogens is 2. The predicted octanol–water partition coefficient (Wildman–Crippen LogP) is 4.06. The summed E-state index contributed by atoms with van der Waals surface area (Å²) in [6.45, 7) is 5.98. The van der Waals surface area contributed by atoms with Crippen LogP contribution in [-0.4, -0.2) is 43.5 Å². The van der Waals surface area contributed by atoms with Crippen LogP contribution in [0.2, 0.25) is 10.0 Å². The molecule has 1 aliphatic rings. The van der Waals surface area contributed by atoms with Crippen LogP contribution in [0.15, 0.2) is 42.5 Å². The molecule has 0 aliphatic carbocycles. The first-order valence-corrected chi connectivity index (χ1v) is 9.06. The van der Waals surface area contributed by atoms with E-state index in [1.165, 1.54) is 11.3 Å². The number of carbonyl (C=O) groups is 1. The van der Waals surface area contributed by atoms with Gasteiger partial charge in [0.2, 0.25) is 5.91 Å². The molecule has 6 heteroatoms. The highest BCUT2D eigenvalue weighted by Crippen LogP contribution is 2.25. The zero-order valence-electron chi connectivity index (χ0n) is 14.1. The molecule has 2 aromatic rings. The third-order valence-electron chi connectivity index (χ3n) is 4.31. The maximum Gasteiger partial charge on any atom is 0.238 e. The summed E-state index contributed by atoms with van der Waals surface area (Å²) in [5.41, 5.74) is 3.06. The van der Waals surface area contributed by atoms with Gasteiger partial charge in [-0.3, -0.25) is 9.69 Å². The molecule has 0 radical (unpaired) electrons. The number of nitrogens with one attached hydrogen (secondary N) is 1. The topological polar surface area (TPSA) is 35.6 Å². The van der Waals surface area contributed by atoms with Crippen molar-refractivity contribution >= 4 is 40.5 Å². The fourth-order valence-electron chi connectivity index (χ4n) is 2.97. The van der Waals surface area contributed by atoms with Gasteiger partial charge in [-0.25, -0.2) is 0 Å². The first kappa shape index (κ1) is 18.1. The lowest BCUT2D eigenvalue weighted by Gasteiger charge is -2.35. The molecule has 0 atom stereocenters. The summed E-state index contributed by atoms with van der Waals surface area (Å²) >= 11 is 12.0. The van der Waals surface area contributed by atoms with Crippen molar-refractivity contribution in [2.24, 2.45) is 0 Å². The number of hydrogen-bond acceptors (Lipinski definition) is 3. The molecule has 1 heterocycles. The third kappa shape index (κ3) is 4.88. The molecule has 2 aromatic carbocycles. The first-order chi connectivity index (χ1) is 12.0. The van der Waals surface area contributed by atoms with Gasteiger partial charge >= 0.3 is 0 Å². The quantitative estimate of drug-likeness (QED) is 0.872. The van der Waals surface area contributed by atoms with Gasteiger partial charge in [-0.05, 0) is 42.8 Å². The van der Waals surface area contributed by atoms with E-state index in [1.807, 2.05) is 0 Å². The minimum absolute atomic E-state index is 0.0758. The minimum Gasteiger partial charge on any atom is -0.369 e. The summed E-state index contributed by atoms with van der Waals surface area (Å²) in [7, 11) is 0. The average Bonchev–Trinajstić information content (AvgIpc) is 2.59. The number of rotatable bonds is 4. The monoisotopic (exact) mass is 377 g/mol. The molecule has 1 amide bonds. The molecule has 132 valence electrons. The van der Waals surface area contributed by atoms with Crippen LogP contribution in [0.25, 0.3) is 0 Å². The van der Waals surface area contributed by atoms with E-state index in [2.05, 4.69) is 46.3 Å². The van der Waals surface area contributed by atoms with Gasteiger partial charge in [0.25, 0.3) is 0 Å².